The van der Waals surface area contributed by atoms with Crippen molar-refractivity contribution in [3.63, 3.8) is 0 Å². The van der Waals surface area contributed by atoms with E-state index in [0.717, 1.165) is 63.4 Å². The van der Waals surface area contributed by atoms with E-state index in [1.54, 1.807) is 14.2 Å². The zero-order valence-corrected chi connectivity index (χ0v) is 16.7. The average Bonchev–Trinajstić information content (AvgIpc) is 3.13. The maximum Gasteiger partial charge on any atom is 0.227 e. The smallest absolute Gasteiger partial charge is 0.227 e. The van der Waals surface area contributed by atoms with Gasteiger partial charge in [0, 0.05) is 35.2 Å². The summed E-state index contributed by atoms with van der Waals surface area (Å²) in [6.45, 7) is 4.83. The number of nitrogens with zero attached hydrogens (tertiary/aromatic N) is 2. The molecule has 144 valence electrons. The molecule has 0 unspecified atom stereocenters. The van der Waals surface area contributed by atoms with Gasteiger partial charge in [0.2, 0.25) is 5.91 Å². The van der Waals surface area contributed by atoms with Gasteiger partial charge in [-0.15, -0.1) is 0 Å². The van der Waals surface area contributed by atoms with Crippen LogP contribution in [0.15, 0.2) is 36.4 Å². The fraction of sp³-hybridized carbons (Fsp3) is 0.304. The Hall–Kier alpha value is -3.08. The van der Waals surface area contributed by atoms with Crippen molar-refractivity contribution >= 4 is 22.5 Å². The zero-order chi connectivity index (χ0) is 19.8. The molecule has 0 spiro atoms. The number of anilines is 1. The fourth-order valence-corrected chi connectivity index (χ4v) is 3.98. The Morgan fingerprint density at radius 1 is 1.04 bits per heavy atom. The predicted molar refractivity (Wildman–Crippen MR) is 111 cm³/mol. The third-order valence-electron chi connectivity index (χ3n) is 5.44. The SMILES string of the molecule is COc1ccc(-c2cc(C)c3ccc(N4CCCC4=O)cc3n2)c(OC)c1C. The van der Waals surface area contributed by atoms with Crippen LogP contribution < -0.4 is 14.4 Å². The minimum absolute atomic E-state index is 0.180. The summed E-state index contributed by atoms with van der Waals surface area (Å²) in [6.07, 6.45) is 1.53. The van der Waals surface area contributed by atoms with Crippen molar-refractivity contribution in [3.8, 4) is 22.8 Å². The van der Waals surface area contributed by atoms with Gasteiger partial charge in [0.15, 0.2) is 0 Å². The number of fused-ring (bicyclic) bond motifs is 1. The van der Waals surface area contributed by atoms with Gasteiger partial charge in [0.1, 0.15) is 11.5 Å². The normalized spacial score (nSPS) is 14.0. The second kappa shape index (κ2) is 7.15. The minimum Gasteiger partial charge on any atom is -0.496 e. The maximum absolute atomic E-state index is 12.1. The van der Waals surface area contributed by atoms with E-state index in [1.165, 1.54) is 0 Å². The first-order valence-electron chi connectivity index (χ1n) is 9.47. The second-order valence-corrected chi connectivity index (χ2v) is 7.15. The Balaban J connectivity index is 1.87. The van der Waals surface area contributed by atoms with E-state index in [4.69, 9.17) is 14.5 Å². The third-order valence-corrected chi connectivity index (χ3v) is 5.44. The minimum atomic E-state index is 0.180. The Morgan fingerprint density at radius 2 is 1.86 bits per heavy atom. The van der Waals surface area contributed by atoms with Crippen LogP contribution in [0.2, 0.25) is 0 Å². The van der Waals surface area contributed by atoms with E-state index in [9.17, 15) is 4.79 Å². The number of methoxy groups -OCH3 is 2. The topological polar surface area (TPSA) is 51.7 Å². The van der Waals surface area contributed by atoms with E-state index in [1.807, 2.05) is 36.1 Å². The lowest BCUT2D eigenvalue weighted by molar-refractivity contribution is -0.117. The summed E-state index contributed by atoms with van der Waals surface area (Å²) in [6, 6.07) is 12.1. The number of aryl methyl sites for hydroxylation is 1. The molecule has 28 heavy (non-hydrogen) atoms. The number of carbonyl (C=O) groups is 1. The molecule has 0 atom stereocenters. The van der Waals surface area contributed by atoms with Crippen molar-refractivity contribution < 1.29 is 14.3 Å². The van der Waals surface area contributed by atoms with Crippen LogP contribution in [-0.2, 0) is 4.79 Å². The van der Waals surface area contributed by atoms with Crippen LogP contribution in [0.5, 0.6) is 11.5 Å². The van der Waals surface area contributed by atoms with Crippen molar-refractivity contribution in [1.82, 2.24) is 4.98 Å². The van der Waals surface area contributed by atoms with Crippen LogP contribution in [0, 0.1) is 13.8 Å². The molecule has 0 N–H and O–H groups in total. The standard InChI is InChI=1S/C23H24N2O3/c1-14-12-19(18-9-10-21(27-3)15(2)23(18)28-4)24-20-13-16(7-8-17(14)20)25-11-5-6-22(25)26/h7-10,12-13H,5-6,11H2,1-4H3. The molecule has 1 saturated heterocycles. The van der Waals surface area contributed by atoms with E-state index in [2.05, 4.69) is 19.1 Å². The van der Waals surface area contributed by atoms with E-state index < -0.39 is 0 Å². The highest BCUT2D eigenvalue weighted by atomic mass is 16.5. The highest BCUT2D eigenvalue weighted by Gasteiger charge is 2.22. The number of hydrogen-bond acceptors (Lipinski definition) is 4. The number of carbonyl (C=O) groups excluding carboxylic acids is 1. The first kappa shape index (κ1) is 18.3. The Labute approximate surface area is 164 Å². The highest BCUT2D eigenvalue weighted by Crippen LogP contribution is 2.38. The number of ether oxygens (including phenoxy) is 2. The molecule has 2 aromatic carbocycles. The highest BCUT2D eigenvalue weighted by molar-refractivity contribution is 5.98. The lowest BCUT2D eigenvalue weighted by atomic mass is 10.0. The molecule has 0 saturated carbocycles. The summed E-state index contributed by atoms with van der Waals surface area (Å²) in [4.78, 5) is 18.9. The molecular formula is C23H24N2O3. The molecule has 1 aromatic heterocycles. The largest absolute Gasteiger partial charge is 0.496 e. The monoisotopic (exact) mass is 376 g/mol. The summed E-state index contributed by atoms with van der Waals surface area (Å²) >= 11 is 0. The Morgan fingerprint density at radius 3 is 2.54 bits per heavy atom. The van der Waals surface area contributed by atoms with Crippen LogP contribution in [0.25, 0.3) is 22.2 Å². The van der Waals surface area contributed by atoms with E-state index in [0.29, 0.717) is 6.42 Å². The lowest BCUT2D eigenvalue weighted by Gasteiger charge is -2.18. The second-order valence-electron chi connectivity index (χ2n) is 7.15. The molecule has 0 radical (unpaired) electrons. The molecule has 4 rings (SSSR count). The van der Waals surface area contributed by atoms with Crippen LogP contribution in [0.3, 0.4) is 0 Å². The fourth-order valence-electron chi connectivity index (χ4n) is 3.98. The Bertz CT molecular complexity index is 1080. The van der Waals surface area contributed by atoms with Crippen molar-refractivity contribution in [3.05, 3.63) is 47.5 Å². The van der Waals surface area contributed by atoms with Gasteiger partial charge >= 0.3 is 0 Å². The van der Waals surface area contributed by atoms with Gasteiger partial charge in [-0.05, 0) is 56.2 Å². The molecule has 1 aliphatic rings. The maximum atomic E-state index is 12.1. The lowest BCUT2D eigenvalue weighted by Crippen LogP contribution is -2.23. The molecule has 1 amide bonds. The van der Waals surface area contributed by atoms with E-state index >= 15 is 0 Å². The van der Waals surface area contributed by atoms with Crippen molar-refractivity contribution in [2.75, 3.05) is 25.7 Å². The molecule has 3 aromatic rings. The van der Waals surface area contributed by atoms with Crippen LogP contribution >= 0.6 is 0 Å². The summed E-state index contributed by atoms with van der Waals surface area (Å²) < 4.78 is 11.1. The number of benzene rings is 2. The molecule has 1 fully saturated rings. The molecule has 0 bridgehead atoms. The number of pyridine rings is 1. The molecular weight excluding hydrogens is 352 g/mol. The van der Waals surface area contributed by atoms with E-state index in [-0.39, 0.29) is 5.91 Å². The molecule has 5 heteroatoms. The number of aromatic nitrogens is 1. The summed E-state index contributed by atoms with van der Waals surface area (Å²) in [5.41, 5.74) is 5.64. The number of rotatable bonds is 4. The van der Waals surface area contributed by atoms with Gasteiger partial charge in [-0.1, -0.05) is 6.07 Å². The van der Waals surface area contributed by atoms with Gasteiger partial charge in [0.05, 0.1) is 25.4 Å². The number of amides is 1. The van der Waals surface area contributed by atoms with Crippen molar-refractivity contribution in [2.45, 2.75) is 26.7 Å². The van der Waals surface area contributed by atoms with Crippen molar-refractivity contribution in [1.29, 1.82) is 0 Å². The van der Waals surface area contributed by atoms with Gasteiger partial charge in [-0.3, -0.25) is 4.79 Å². The third kappa shape index (κ3) is 2.97. The summed E-state index contributed by atoms with van der Waals surface area (Å²) in [7, 11) is 3.32. The van der Waals surface area contributed by atoms with Gasteiger partial charge in [-0.25, -0.2) is 4.98 Å². The van der Waals surface area contributed by atoms with Crippen LogP contribution in [-0.4, -0.2) is 31.7 Å². The van der Waals surface area contributed by atoms with Crippen LogP contribution in [0.4, 0.5) is 5.69 Å². The predicted octanol–water partition coefficient (Wildman–Crippen LogP) is 4.66. The summed E-state index contributed by atoms with van der Waals surface area (Å²) in [5.74, 6) is 1.73. The first-order chi connectivity index (χ1) is 13.5. The van der Waals surface area contributed by atoms with Crippen LogP contribution in [0.1, 0.15) is 24.0 Å². The number of hydrogen-bond donors (Lipinski definition) is 0. The molecule has 1 aliphatic heterocycles. The molecule has 5 nitrogen and oxygen atoms in total. The zero-order valence-electron chi connectivity index (χ0n) is 16.7. The van der Waals surface area contributed by atoms with Gasteiger partial charge in [-0.2, -0.15) is 0 Å². The van der Waals surface area contributed by atoms with Gasteiger partial charge < -0.3 is 14.4 Å². The first-order valence-corrected chi connectivity index (χ1v) is 9.47. The molecule has 0 aliphatic carbocycles. The summed E-state index contributed by atoms with van der Waals surface area (Å²) in [5, 5.41) is 1.09. The quantitative estimate of drug-likeness (QED) is 0.664. The average molecular weight is 376 g/mol. The van der Waals surface area contributed by atoms with Crippen molar-refractivity contribution in [2.24, 2.45) is 0 Å². The molecule has 2 heterocycles. The van der Waals surface area contributed by atoms with Gasteiger partial charge in [0.25, 0.3) is 0 Å². The Kier molecular flexibility index (Phi) is 4.67.